The highest BCUT2D eigenvalue weighted by Crippen LogP contribution is 2.22. The van der Waals surface area contributed by atoms with Crippen molar-refractivity contribution < 1.29 is 13.2 Å². The van der Waals surface area contributed by atoms with Gasteiger partial charge in [-0.25, -0.2) is 0 Å². The van der Waals surface area contributed by atoms with Gasteiger partial charge in [0.25, 0.3) is 0 Å². The zero-order chi connectivity index (χ0) is 14.5. The Kier molecular flexibility index (Phi) is 5.66. The lowest BCUT2D eigenvalue weighted by Gasteiger charge is -2.20. The summed E-state index contributed by atoms with van der Waals surface area (Å²) in [6, 6.07) is 7.67. The monoisotopic (exact) mass is 274 g/mol. The van der Waals surface area contributed by atoms with Crippen LogP contribution in [0, 0.1) is 0 Å². The van der Waals surface area contributed by atoms with Crippen molar-refractivity contribution in [1.29, 1.82) is 0 Å². The van der Waals surface area contributed by atoms with E-state index in [2.05, 4.69) is 0 Å². The van der Waals surface area contributed by atoms with Crippen molar-refractivity contribution in [3.63, 3.8) is 0 Å². The minimum Gasteiger partial charge on any atom is -0.374 e. The van der Waals surface area contributed by atoms with Crippen LogP contribution in [-0.2, 0) is 6.42 Å². The average Bonchev–Trinajstić information content (AvgIpc) is 2.36. The van der Waals surface area contributed by atoms with Gasteiger partial charge in [-0.1, -0.05) is 19.1 Å². The summed E-state index contributed by atoms with van der Waals surface area (Å²) < 4.78 is 36.4. The molecule has 0 aliphatic carbocycles. The molecule has 1 atom stereocenters. The summed E-state index contributed by atoms with van der Waals surface area (Å²) in [6.07, 6.45) is -3.20. The SMILES string of the molecule is CCC(N)Cc1ccc(N(C)CCC(F)(F)F)cc1. The average molecular weight is 274 g/mol. The maximum atomic E-state index is 12.1. The molecule has 108 valence electrons. The summed E-state index contributed by atoms with van der Waals surface area (Å²) in [5.74, 6) is 0. The van der Waals surface area contributed by atoms with E-state index in [1.165, 1.54) is 0 Å². The van der Waals surface area contributed by atoms with Gasteiger partial charge in [0, 0.05) is 25.3 Å². The number of nitrogens with two attached hydrogens (primary N) is 1. The Hall–Kier alpha value is -1.23. The van der Waals surface area contributed by atoms with E-state index in [0.717, 1.165) is 24.1 Å². The summed E-state index contributed by atoms with van der Waals surface area (Å²) in [6.45, 7) is 2.00. The number of benzene rings is 1. The second-order valence-electron chi connectivity index (χ2n) is 4.83. The van der Waals surface area contributed by atoms with Crippen LogP contribution < -0.4 is 10.6 Å². The van der Waals surface area contributed by atoms with Crippen LogP contribution in [-0.4, -0.2) is 25.8 Å². The van der Waals surface area contributed by atoms with Gasteiger partial charge in [-0.2, -0.15) is 13.2 Å². The molecule has 0 saturated carbocycles. The molecule has 0 amide bonds. The molecule has 0 aliphatic rings. The van der Waals surface area contributed by atoms with E-state index in [1.54, 1.807) is 11.9 Å². The highest BCUT2D eigenvalue weighted by Gasteiger charge is 2.27. The van der Waals surface area contributed by atoms with E-state index in [1.807, 2.05) is 31.2 Å². The lowest BCUT2D eigenvalue weighted by atomic mass is 10.0. The van der Waals surface area contributed by atoms with E-state index < -0.39 is 12.6 Å². The minimum absolute atomic E-state index is 0.0304. The number of nitrogens with zero attached hydrogens (tertiary/aromatic N) is 1. The first-order chi connectivity index (χ1) is 8.81. The molecule has 1 rings (SSSR count). The first-order valence-electron chi connectivity index (χ1n) is 6.44. The molecule has 0 aromatic heterocycles. The fourth-order valence-corrected chi connectivity index (χ4v) is 1.76. The Bertz CT molecular complexity index is 373. The highest BCUT2D eigenvalue weighted by molar-refractivity contribution is 5.46. The molecule has 1 aromatic rings. The number of rotatable bonds is 6. The van der Waals surface area contributed by atoms with Gasteiger partial charge in [0.1, 0.15) is 0 Å². The normalized spacial score (nSPS) is 13.4. The maximum Gasteiger partial charge on any atom is 0.390 e. The first kappa shape index (κ1) is 15.8. The van der Waals surface area contributed by atoms with Crippen LogP contribution in [0.2, 0.25) is 0 Å². The Morgan fingerprint density at radius 1 is 1.21 bits per heavy atom. The van der Waals surface area contributed by atoms with Gasteiger partial charge in [-0.05, 0) is 30.5 Å². The molecule has 19 heavy (non-hydrogen) atoms. The Morgan fingerprint density at radius 2 is 1.79 bits per heavy atom. The summed E-state index contributed by atoms with van der Waals surface area (Å²) in [5, 5.41) is 0. The van der Waals surface area contributed by atoms with Gasteiger partial charge in [-0.15, -0.1) is 0 Å². The molecule has 0 spiro atoms. The first-order valence-corrected chi connectivity index (χ1v) is 6.44. The smallest absolute Gasteiger partial charge is 0.374 e. The van der Waals surface area contributed by atoms with Crippen LogP contribution in [0.3, 0.4) is 0 Å². The third-order valence-corrected chi connectivity index (χ3v) is 3.13. The summed E-state index contributed by atoms with van der Waals surface area (Å²) in [5.41, 5.74) is 7.77. The van der Waals surface area contributed by atoms with E-state index >= 15 is 0 Å². The topological polar surface area (TPSA) is 29.3 Å². The van der Waals surface area contributed by atoms with E-state index in [4.69, 9.17) is 5.73 Å². The van der Waals surface area contributed by atoms with Crippen LogP contribution in [0.1, 0.15) is 25.3 Å². The van der Waals surface area contributed by atoms with Gasteiger partial charge < -0.3 is 10.6 Å². The van der Waals surface area contributed by atoms with Gasteiger partial charge in [0.05, 0.1) is 6.42 Å². The molecule has 0 heterocycles. The van der Waals surface area contributed by atoms with E-state index in [9.17, 15) is 13.2 Å². The number of anilines is 1. The van der Waals surface area contributed by atoms with Crippen LogP contribution in [0.4, 0.5) is 18.9 Å². The van der Waals surface area contributed by atoms with Crippen LogP contribution in [0.25, 0.3) is 0 Å². The van der Waals surface area contributed by atoms with Crippen molar-refractivity contribution in [1.82, 2.24) is 0 Å². The number of alkyl halides is 3. The largest absolute Gasteiger partial charge is 0.390 e. The van der Waals surface area contributed by atoms with Crippen molar-refractivity contribution in [3.8, 4) is 0 Å². The molecule has 2 nitrogen and oxygen atoms in total. The summed E-state index contributed by atoms with van der Waals surface area (Å²) in [4.78, 5) is 1.61. The minimum atomic E-state index is -4.11. The van der Waals surface area contributed by atoms with Crippen molar-refractivity contribution in [2.45, 2.75) is 38.4 Å². The van der Waals surface area contributed by atoms with Crippen molar-refractivity contribution in [2.75, 3.05) is 18.5 Å². The molecular formula is C14H21F3N2. The fraction of sp³-hybridized carbons (Fsp3) is 0.571. The van der Waals surface area contributed by atoms with Gasteiger partial charge in [-0.3, -0.25) is 0 Å². The molecule has 0 bridgehead atoms. The maximum absolute atomic E-state index is 12.1. The van der Waals surface area contributed by atoms with Crippen LogP contribution >= 0.6 is 0 Å². The van der Waals surface area contributed by atoms with Crippen molar-refractivity contribution in [3.05, 3.63) is 29.8 Å². The predicted molar refractivity (Wildman–Crippen MR) is 72.4 cm³/mol. The van der Waals surface area contributed by atoms with Crippen LogP contribution in [0.5, 0.6) is 0 Å². The molecule has 5 heteroatoms. The second kappa shape index (κ2) is 6.80. The molecule has 0 fully saturated rings. The molecule has 2 N–H and O–H groups in total. The standard InChI is InChI=1S/C14H21F3N2/c1-3-12(18)10-11-4-6-13(7-5-11)19(2)9-8-14(15,16)17/h4-7,12H,3,8-10,18H2,1-2H3. The Morgan fingerprint density at radius 3 is 2.26 bits per heavy atom. The number of hydrogen-bond acceptors (Lipinski definition) is 2. The zero-order valence-electron chi connectivity index (χ0n) is 11.4. The lowest BCUT2D eigenvalue weighted by molar-refractivity contribution is -0.132. The molecule has 1 unspecified atom stereocenters. The summed E-state index contributed by atoms with van der Waals surface area (Å²) >= 11 is 0. The highest BCUT2D eigenvalue weighted by atomic mass is 19.4. The van der Waals surface area contributed by atoms with Crippen molar-refractivity contribution >= 4 is 5.69 Å². The molecule has 0 aliphatic heterocycles. The van der Waals surface area contributed by atoms with Gasteiger partial charge in [0.15, 0.2) is 0 Å². The zero-order valence-corrected chi connectivity index (χ0v) is 11.4. The predicted octanol–water partition coefficient (Wildman–Crippen LogP) is 3.36. The van der Waals surface area contributed by atoms with Crippen LogP contribution in [0.15, 0.2) is 24.3 Å². The van der Waals surface area contributed by atoms with Gasteiger partial charge in [0.2, 0.25) is 0 Å². The molecular weight excluding hydrogens is 253 g/mol. The van der Waals surface area contributed by atoms with Gasteiger partial charge >= 0.3 is 6.18 Å². The Labute approximate surface area is 112 Å². The van der Waals surface area contributed by atoms with Crippen molar-refractivity contribution in [2.24, 2.45) is 5.73 Å². The molecule has 1 aromatic carbocycles. The third kappa shape index (κ3) is 5.96. The molecule has 0 radical (unpaired) electrons. The van der Waals surface area contributed by atoms with E-state index in [-0.39, 0.29) is 12.6 Å². The number of halogens is 3. The third-order valence-electron chi connectivity index (χ3n) is 3.13. The second-order valence-corrected chi connectivity index (χ2v) is 4.83. The quantitative estimate of drug-likeness (QED) is 0.862. The lowest BCUT2D eigenvalue weighted by Crippen LogP contribution is -2.24. The fourth-order valence-electron chi connectivity index (χ4n) is 1.76. The Balaban J connectivity index is 2.55. The summed E-state index contributed by atoms with van der Waals surface area (Å²) in [7, 11) is 1.67. The van der Waals surface area contributed by atoms with E-state index in [0.29, 0.717) is 0 Å². The number of hydrogen-bond donors (Lipinski definition) is 1. The molecule has 0 saturated heterocycles.